The summed E-state index contributed by atoms with van der Waals surface area (Å²) in [5.74, 6) is -0.338. The molecule has 8 heteroatoms. The van der Waals surface area contributed by atoms with Gasteiger partial charge in [0.25, 0.3) is 0 Å². The van der Waals surface area contributed by atoms with Crippen LogP contribution in [0.3, 0.4) is 0 Å². The van der Waals surface area contributed by atoms with E-state index in [0.29, 0.717) is 16.5 Å². The summed E-state index contributed by atoms with van der Waals surface area (Å²) in [5.41, 5.74) is 0.859. The zero-order chi connectivity index (χ0) is 16.6. The number of aromatic amines is 1. The molecule has 1 fully saturated rings. The number of nitrogens with one attached hydrogen (secondary N) is 2. The van der Waals surface area contributed by atoms with E-state index in [2.05, 4.69) is 15.3 Å². The first-order valence-electron chi connectivity index (χ1n) is 6.69. The molecule has 1 aliphatic rings. The van der Waals surface area contributed by atoms with Gasteiger partial charge in [-0.3, -0.25) is 10.1 Å². The smallest absolute Gasteiger partial charge is 0.230 e. The van der Waals surface area contributed by atoms with E-state index in [1.54, 1.807) is 18.2 Å². The molecule has 114 valence electrons. The summed E-state index contributed by atoms with van der Waals surface area (Å²) in [5, 5.41) is 21.4. The molecule has 0 saturated heterocycles. The fourth-order valence-corrected chi connectivity index (χ4v) is 2.98. The third kappa shape index (κ3) is 3.00. The maximum absolute atomic E-state index is 12.2. The van der Waals surface area contributed by atoms with Crippen LogP contribution in [0, 0.1) is 28.6 Å². The van der Waals surface area contributed by atoms with Crippen LogP contribution < -0.4 is 5.32 Å². The second-order valence-electron chi connectivity index (χ2n) is 5.14. The zero-order valence-electron chi connectivity index (χ0n) is 11.6. The number of aromatic nitrogens is 2. The lowest BCUT2D eigenvalue weighted by Crippen LogP contribution is -2.15. The van der Waals surface area contributed by atoms with Crippen molar-refractivity contribution in [3.05, 3.63) is 45.2 Å². The van der Waals surface area contributed by atoms with Crippen LogP contribution in [0.1, 0.15) is 29.3 Å². The number of rotatable bonds is 3. The van der Waals surface area contributed by atoms with Crippen LogP contribution in [-0.4, -0.2) is 15.9 Å². The number of halogens is 2. The van der Waals surface area contributed by atoms with Crippen molar-refractivity contribution in [1.29, 1.82) is 10.5 Å². The first kappa shape index (κ1) is 15.4. The fraction of sp³-hybridized carbons (Fsp3) is 0.200. The van der Waals surface area contributed by atoms with E-state index in [1.807, 2.05) is 12.1 Å². The number of amides is 1. The molecule has 1 aromatic carbocycles. The number of carbonyl (C=O) groups is 1. The largest absolute Gasteiger partial charge is 0.314 e. The molecule has 6 nitrogen and oxygen atoms in total. The molecule has 23 heavy (non-hydrogen) atoms. The summed E-state index contributed by atoms with van der Waals surface area (Å²) in [7, 11) is 0. The highest BCUT2D eigenvalue weighted by molar-refractivity contribution is 6.35. The molecular weight excluding hydrogens is 337 g/mol. The van der Waals surface area contributed by atoms with Gasteiger partial charge in [-0.05, 0) is 30.0 Å². The van der Waals surface area contributed by atoms with E-state index < -0.39 is 0 Å². The Kier molecular flexibility index (Phi) is 3.96. The van der Waals surface area contributed by atoms with Gasteiger partial charge in [0, 0.05) is 16.0 Å². The van der Waals surface area contributed by atoms with Gasteiger partial charge < -0.3 is 4.98 Å². The summed E-state index contributed by atoms with van der Waals surface area (Å²) in [6.45, 7) is 0. The second-order valence-corrected chi connectivity index (χ2v) is 5.98. The maximum Gasteiger partial charge on any atom is 0.230 e. The Labute approximate surface area is 141 Å². The van der Waals surface area contributed by atoms with Gasteiger partial charge in [0.1, 0.15) is 12.1 Å². The number of nitriles is 2. The van der Waals surface area contributed by atoms with Crippen LogP contribution in [0.25, 0.3) is 0 Å². The van der Waals surface area contributed by atoms with E-state index in [-0.39, 0.29) is 35.1 Å². The third-order valence-electron chi connectivity index (χ3n) is 3.65. The van der Waals surface area contributed by atoms with E-state index in [0.717, 1.165) is 5.56 Å². The summed E-state index contributed by atoms with van der Waals surface area (Å²) < 4.78 is 0. The van der Waals surface area contributed by atoms with Crippen LogP contribution in [0.15, 0.2) is 18.2 Å². The predicted molar refractivity (Wildman–Crippen MR) is 84.0 cm³/mol. The molecule has 0 aliphatic heterocycles. The average molecular weight is 346 g/mol. The molecule has 0 unspecified atom stereocenters. The molecule has 1 saturated carbocycles. The van der Waals surface area contributed by atoms with Gasteiger partial charge in [-0.15, -0.1) is 0 Å². The quantitative estimate of drug-likeness (QED) is 0.890. The molecule has 1 aromatic heterocycles. The van der Waals surface area contributed by atoms with E-state index >= 15 is 0 Å². The van der Waals surface area contributed by atoms with E-state index in [9.17, 15) is 4.79 Å². The normalized spacial score (nSPS) is 18.8. The Morgan fingerprint density at radius 2 is 2.13 bits per heavy atom. The summed E-state index contributed by atoms with van der Waals surface area (Å²) in [4.78, 5) is 18.7. The first-order valence-corrected chi connectivity index (χ1v) is 7.45. The number of imidazole rings is 1. The highest BCUT2D eigenvalue weighted by atomic mass is 35.5. The van der Waals surface area contributed by atoms with E-state index in [1.165, 1.54) is 0 Å². The average Bonchev–Trinajstić information content (AvgIpc) is 3.21. The van der Waals surface area contributed by atoms with Crippen molar-refractivity contribution < 1.29 is 4.79 Å². The number of anilines is 1. The summed E-state index contributed by atoms with van der Waals surface area (Å²) >= 11 is 12.0. The molecule has 1 aliphatic carbocycles. The lowest BCUT2D eigenvalue weighted by molar-refractivity contribution is -0.117. The lowest BCUT2D eigenvalue weighted by Gasteiger charge is -2.04. The molecule has 3 rings (SSSR count). The molecule has 2 aromatic rings. The zero-order valence-corrected chi connectivity index (χ0v) is 13.1. The van der Waals surface area contributed by atoms with Gasteiger partial charge in [-0.1, -0.05) is 29.3 Å². The molecular formula is C15H9Cl2N5O. The molecule has 2 N–H and O–H groups in total. The van der Waals surface area contributed by atoms with Crippen molar-refractivity contribution in [2.45, 2.75) is 12.3 Å². The minimum atomic E-state index is -0.233. The van der Waals surface area contributed by atoms with Gasteiger partial charge in [0.2, 0.25) is 11.9 Å². The molecule has 1 amide bonds. The van der Waals surface area contributed by atoms with Gasteiger partial charge >= 0.3 is 0 Å². The molecule has 1 heterocycles. The molecule has 2 atom stereocenters. The highest BCUT2D eigenvalue weighted by Gasteiger charge is 2.45. The van der Waals surface area contributed by atoms with Crippen molar-refractivity contribution in [1.82, 2.24) is 9.97 Å². The Bertz CT molecular complexity index is 845. The van der Waals surface area contributed by atoms with Crippen LogP contribution >= 0.6 is 23.2 Å². The SMILES string of the molecule is N#Cc1nc(NC(=O)[C@@H]2C[C@@H]2c2ccc(Cl)cc2Cl)[nH]c1C#N. The van der Waals surface area contributed by atoms with Crippen LogP contribution in [0.2, 0.25) is 10.0 Å². The Balaban J connectivity index is 1.70. The van der Waals surface area contributed by atoms with Gasteiger partial charge in [0.05, 0.1) is 0 Å². The van der Waals surface area contributed by atoms with Crippen molar-refractivity contribution in [3.63, 3.8) is 0 Å². The number of hydrogen-bond acceptors (Lipinski definition) is 4. The van der Waals surface area contributed by atoms with Crippen molar-refractivity contribution >= 4 is 35.1 Å². The maximum atomic E-state index is 12.2. The molecule has 0 spiro atoms. The van der Waals surface area contributed by atoms with Gasteiger partial charge in [-0.2, -0.15) is 10.5 Å². The summed E-state index contributed by atoms with van der Waals surface area (Å²) in [6.07, 6.45) is 0.671. The van der Waals surface area contributed by atoms with Crippen LogP contribution in [0.4, 0.5) is 5.95 Å². The monoisotopic (exact) mass is 345 g/mol. The fourth-order valence-electron chi connectivity index (χ4n) is 2.43. The number of nitrogens with zero attached hydrogens (tertiary/aromatic N) is 3. The van der Waals surface area contributed by atoms with Gasteiger partial charge in [-0.25, -0.2) is 4.98 Å². The van der Waals surface area contributed by atoms with Gasteiger partial charge in [0.15, 0.2) is 11.4 Å². The van der Waals surface area contributed by atoms with E-state index in [4.69, 9.17) is 33.7 Å². The number of hydrogen-bond donors (Lipinski definition) is 2. The minimum Gasteiger partial charge on any atom is -0.314 e. The topological polar surface area (TPSA) is 105 Å². The number of H-pyrrole nitrogens is 1. The summed E-state index contributed by atoms with van der Waals surface area (Å²) in [6, 6.07) is 8.80. The number of benzene rings is 1. The Morgan fingerprint density at radius 3 is 2.74 bits per heavy atom. The molecule has 0 bridgehead atoms. The molecule has 0 radical (unpaired) electrons. The standard InChI is InChI=1S/C15H9Cl2N5O/c16-7-1-2-8(11(17)3-7)9-4-10(9)14(23)22-15-20-12(5-18)13(6-19)21-15/h1-3,9-10H,4H2,(H2,20,21,22,23)/t9-,10-/m1/s1. The first-order chi connectivity index (χ1) is 11.0. The number of carbonyl (C=O) groups excluding carboxylic acids is 1. The lowest BCUT2D eigenvalue weighted by atomic mass is 10.1. The minimum absolute atomic E-state index is 0.0240. The highest BCUT2D eigenvalue weighted by Crippen LogP contribution is 2.50. The Hall–Kier alpha value is -2.54. The Morgan fingerprint density at radius 1 is 1.35 bits per heavy atom. The van der Waals surface area contributed by atoms with Crippen LogP contribution in [0.5, 0.6) is 0 Å². The van der Waals surface area contributed by atoms with Crippen LogP contribution in [-0.2, 0) is 4.79 Å². The van der Waals surface area contributed by atoms with Crippen molar-refractivity contribution in [2.24, 2.45) is 5.92 Å². The predicted octanol–water partition coefficient (Wildman–Crippen LogP) is 3.20. The third-order valence-corrected chi connectivity index (χ3v) is 4.21. The van der Waals surface area contributed by atoms with Crippen molar-refractivity contribution in [2.75, 3.05) is 5.32 Å². The van der Waals surface area contributed by atoms with Crippen molar-refractivity contribution in [3.8, 4) is 12.1 Å². The second kappa shape index (κ2) is 5.92.